The summed E-state index contributed by atoms with van der Waals surface area (Å²) in [4.78, 5) is 0. The van der Waals surface area contributed by atoms with Crippen molar-refractivity contribution in [2.75, 3.05) is 0 Å². The molecule has 1 aliphatic heterocycles. The monoisotopic (exact) mass is 218 g/mol. The second-order valence-electron chi connectivity index (χ2n) is 5.65. The Bertz CT molecular complexity index is 423. The van der Waals surface area contributed by atoms with Crippen LogP contribution in [0.25, 0.3) is 0 Å². The van der Waals surface area contributed by atoms with Gasteiger partial charge in [-0.25, -0.2) is 0 Å². The number of fused-ring (bicyclic) bond motifs is 1. The minimum absolute atomic E-state index is 0.0215. The summed E-state index contributed by atoms with van der Waals surface area (Å²) in [5.74, 6) is 0.494. The van der Waals surface area contributed by atoms with Crippen LogP contribution in [0.4, 0.5) is 0 Å². The van der Waals surface area contributed by atoms with E-state index in [0.717, 1.165) is 19.6 Å². The summed E-state index contributed by atoms with van der Waals surface area (Å²) in [7, 11) is 0. The van der Waals surface area contributed by atoms with Crippen molar-refractivity contribution in [3.8, 4) is 0 Å². The Morgan fingerprint density at radius 1 is 1.25 bits per heavy atom. The molecule has 1 aromatic rings. The first kappa shape index (κ1) is 10.3. The van der Waals surface area contributed by atoms with Crippen LogP contribution < -0.4 is 0 Å². The van der Waals surface area contributed by atoms with E-state index >= 15 is 0 Å². The number of hydrogen-bond acceptors (Lipinski definition) is 2. The Morgan fingerprint density at radius 3 is 2.69 bits per heavy atom. The third-order valence-corrected chi connectivity index (χ3v) is 4.36. The zero-order chi connectivity index (χ0) is 11.3. The van der Waals surface area contributed by atoms with Gasteiger partial charge in [-0.05, 0) is 34.4 Å². The Morgan fingerprint density at radius 2 is 2.00 bits per heavy atom. The standard InChI is InChI=1S/C14H18O2/c1-14(2)12(6-13(14)15)9-3-4-10-7-16-8-11(10)5-9/h3-5,12-13,15H,6-8H2,1-2H3. The molecule has 0 amide bonds. The number of hydrogen-bond donors (Lipinski definition) is 1. The molecule has 1 aliphatic carbocycles. The zero-order valence-electron chi connectivity index (χ0n) is 9.86. The predicted octanol–water partition coefficient (Wildman–Crippen LogP) is 2.59. The largest absolute Gasteiger partial charge is 0.393 e. The van der Waals surface area contributed by atoms with Crippen molar-refractivity contribution in [3.05, 3.63) is 34.9 Å². The Hall–Kier alpha value is -0.860. The van der Waals surface area contributed by atoms with E-state index in [1.165, 1.54) is 16.7 Å². The number of benzene rings is 1. The number of ether oxygens (including phenoxy) is 1. The van der Waals surface area contributed by atoms with E-state index in [2.05, 4.69) is 32.0 Å². The molecule has 1 heterocycles. The van der Waals surface area contributed by atoms with Crippen LogP contribution in [0.1, 0.15) is 42.9 Å². The summed E-state index contributed by atoms with van der Waals surface area (Å²) in [5.41, 5.74) is 4.03. The molecule has 1 saturated carbocycles. The summed E-state index contributed by atoms with van der Waals surface area (Å²) < 4.78 is 5.43. The van der Waals surface area contributed by atoms with Crippen LogP contribution in [0.2, 0.25) is 0 Å². The zero-order valence-corrected chi connectivity index (χ0v) is 9.86. The van der Waals surface area contributed by atoms with Crippen LogP contribution in [-0.2, 0) is 18.0 Å². The maximum Gasteiger partial charge on any atom is 0.0725 e. The van der Waals surface area contributed by atoms with Gasteiger partial charge in [-0.1, -0.05) is 32.0 Å². The maximum atomic E-state index is 9.78. The first-order valence-corrected chi connectivity index (χ1v) is 5.96. The number of rotatable bonds is 1. The molecule has 2 nitrogen and oxygen atoms in total. The lowest BCUT2D eigenvalue weighted by Crippen LogP contribution is -2.47. The maximum absolute atomic E-state index is 9.78. The molecular formula is C14H18O2. The van der Waals surface area contributed by atoms with E-state index in [4.69, 9.17) is 4.74 Å². The van der Waals surface area contributed by atoms with E-state index in [1.807, 2.05) is 0 Å². The molecular weight excluding hydrogens is 200 g/mol. The molecule has 2 unspecified atom stereocenters. The first-order valence-electron chi connectivity index (χ1n) is 5.96. The fourth-order valence-corrected chi connectivity index (χ4v) is 2.88. The van der Waals surface area contributed by atoms with E-state index in [1.54, 1.807) is 0 Å². The van der Waals surface area contributed by atoms with Crippen molar-refractivity contribution in [1.82, 2.24) is 0 Å². The third kappa shape index (κ3) is 1.33. The molecule has 2 heteroatoms. The van der Waals surface area contributed by atoms with E-state index in [0.29, 0.717) is 5.92 Å². The van der Waals surface area contributed by atoms with Gasteiger partial charge in [0.2, 0.25) is 0 Å². The van der Waals surface area contributed by atoms with Crippen LogP contribution in [-0.4, -0.2) is 11.2 Å². The van der Waals surface area contributed by atoms with Gasteiger partial charge in [0.05, 0.1) is 19.3 Å². The molecule has 0 bridgehead atoms. The second kappa shape index (κ2) is 3.31. The van der Waals surface area contributed by atoms with Crippen molar-refractivity contribution in [2.24, 2.45) is 5.41 Å². The predicted molar refractivity (Wildman–Crippen MR) is 62.1 cm³/mol. The highest BCUT2D eigenvalue weighted by Crippen LogP contribution is 2.52. The molecule has 86 valence electrons. The van der Waals surface area contributed by atoms with Gasteiger partial charge in [-0.3, -0.25) is 0 Å². The molecule has 1 fully saturated rings. The summed E-state index contributed by atoms with van der Waals surface area (Å²) in [5, 5.41) is 9.78. The molecule has 0 radical (unpaired) electrons. The van der Waals surface area contributed by atoms with Gasteiger partial charge in [0.15, 0.2) is 0 Å². The fourth-order valence-electron chi connectivity index (χ4n) is 2.88. The van der Waals surface area contributed by atoms with Crippen LogP contribution in [0, 0.1) is 5.41 Å². The number of aliphatic hydroxyl groups excluding tert-OH is 1. The fraction of sp³-hybridized carbons (Fsp3) is 0.571. The topological polar surface area (TPSA) is 29.5 Å². The molecule has 1 N–H and O–H groups in total. The minimum Gasteiger partial charge on any atom is -0.393 e. The van der Waals surface area contributed by atoms with Crippen LogP contribution in [0.5, 0.6) is 0 Å². The van der Waals surface area contributed by atoms with Gasteiger partial charge in [0.1, 0.15) is 0 Å². The smallest absolute Gasteiger partial charge is 0.0725 e. The first-order chi connectivity index (χ1) is 7.59. The molecule has 16 heavy (non-hydrogen) atoms. The molecule has 0 saturated heterocycles. The lowest BCUT2D eigenvalue weighted by Gasteiger charge is -2.49. The van der Waals surface area contributed by atoms with Gasteiger partial charge in [-0.2, -0.15) is 0 Å². The Labute approximate surface area is 96.2 Å². The SMILES string of the molecule is CC1(C)C(O)CC1c1ccc2c(c1)COC2. The van der Waals surface area contributed by atoms with Crippen molar-refractivity contribution < 1.29 is 9.84 Å². The molecule has 1 aromatic carbocycles. The van der Waals surface area contributed by atoms with E-state index in [9.17, 15) is 5.11 Å². The van der Waals surface area contributed by atoms with Gasteiger partial charge >= 0.3 is 0 Å². The van der Waals surface area contributed by atoms with Crippen molar-refractivity contribution in [2.45, 2.75) is 45.5 Å². The quantitative estimate of drug-likeness (QED) is 0.785. The van der Waals surface area contributed by atoms with Crippen LogP contribution in [0.3, 0.4) is 0 Å². The minimum atomic E-state index is -0.151. The van der Waals surface area contributed by atoms with Crippen molar-refractivity contribution in [1.29, 1.82) is 0 Å². The molecule has 2 atom stereocenters. The van der Waals surface area contributed by atoms with Gasteiger partial charge < -0.3 is 9.84 Å². The average Bonchev–Trinajstić information content (AvgIpc) is 2.72. The normalized spacial score (nSPS) is 30.9. The van der Waals surface area contributed by atoms with Gasteiger partial charge in [0, 0.05) is 0 Å². The summed E-state index contributed by atoms with van der Waals surface area (Å²) >= 11 is 0. The van der Waals surface area contributed by atoms with Crippen molar-refractivity contribution >= 4 is 0 Å². The highest BCUT2D eigenvalue weighted by atomic mass is 16.5. The van der Waals surface area contributed by atoms with Gasteiger partial charge in [0.25, 0.3) is 0 Å². The Kier molecular flexibility index (Phi) is 2.13. The molecule has 0 aromatic heterocycles. The van der Waals surface area contributed by atoms with Gasteiger partial charge in [-0.15, -0.1) is 0 Å². The molecule has 0 spiro atoms. The number of aliphatic hydroxyl groups is 1. The summed E-state index contributed by atoms with van der Waals surface area (Å²) in [6.07, 6.45) is 0.745. The van der Waals surface area contributed by atoms with E-state index < -0.39 is 0 Å². The summed E-state index contributed by atoms with van der Waals surface area (Å²) in [6, 6.07) is 6.64. The molecule has 2 aliphatic rings. The highest BCUT2D eigenvalue weighted by molar-refractivity contribution is 5.37. The molecule has 3 rings (SSSR count). The Balaban J connectivity index is 1.91. The highest BCUT2D eigenvalue weighted by Gasteiger charge is 2.47. The van der Waals surface area contributed by atoms with Crippen molar-refractivity contribution in [3.63, 3.8) is 0 Å². The van der Waals surface area contributed by atoms with E-state index in [-0.39, 0.29) is 11.5 Å². The van der Waals surface area contributed by atoms with Crippen LogP contribution >= 0.6 is 0 Å². The lowest BCUT2D eigenvalue weighted by molar-refractivity contribution is -0.0625. The van der Waals surface area contributed by atoms with Crippen LogP contribution in [0.15, 0.2) is 18.2 Å². The summed E-state index contributed by atoms with van der Waals surface area (Å²) in [6.45, 7) is 5.80. The second-order valence-corrected chi connectivity index (χ2v) is 5.65. The lowest BCUT2D eigenvalue weighted by atomic mass is 9.58. The third-order valence-electron chi connectivity index (χ3n) is 4.36. The average molecular weight is 218 g/mol.